The van der Waals surface area contributed by atoms with E-state index in [9.17, 15) is 0 Å². The summed E-state index contributed by atoms with van der Waals surface area (Å²) in [4.78, 5) is 0. The molecule has 20 heavy (non-hydrogen) atoms. The zero-order valence-corrected chi connectivity index (χ0v) is 12.3. The van der Waals surface area contributed by atoms with Gasteiger partial charge in [-0.2, -0.15) is 0 Å². The smallest absolute Gasteiger partial charge is 0.0211 e. The Bertz CT molecular complexity index is 586. The van der Waals surface area contributed by atoms with E-state index >= 15 is 0 Å². The van der Waals surface area contributed by atoms with E-state index in [2.05, 4.69) is 54.7 Å². The van der Waals surface area contributed by atoms with Gasteiger partial charge in [-0.25, -0.2) is 0 Å². The van der Waals surface area contributed by atoms with Gasteiger partial charge in [-0.15, -0.1) is 0 Å². The number of benzene rings is 2. The van der Waals surface area contributed by atoms with E-state index in [-0.39, 0.29) is 0 Å². The first-order valence-corrected chi connectivity index (χ1v) is 7.79. The van der Waals surface area contributed by atoms with Crippen molar-refractivity contribution >= 4 is 0 Å². The predicted octanol–water partition coefficient (Wildman–Crippen LogP) is 4.34. The average molecular weight is 265 g/mol. The van der Waals surface area contributed by atoms with Crippen LogP contribution in [-0.4, -0.2) is 6.54 Å². The third kappa shape index (κ3) is 2.78. The van der Waals surface area contributed by atoms with Crippen molar-refractivity contribution in [3.8, 4) is 11.1 Å². The second-order valence-corrected chi connectivity index (χ2v) is 5.63. The number of hydrogen-bond acceptors (Lipinski definition) is 1. The van der Waals surface area contributed by atoms with Gasteiger partial charge in [0, 0.05) is 6.54 Å². The summed E-state index contributed by atoms with van der Waals surface area (Å²) in [5, 5.41) is 3.44. The first-order chi connectivity index (χ1) is 9.88. The maximum absolute atomic E-state index is 3.44. The van der Waals surface area contributed by atoms with Crippen LogP contribution in [0.3, 0.4) is 0 Å². The zero-order valence-electron chi connectivity index (χ0n) is 12.3. The molecule has 0 amide bonds. The Labute approximate surface area is 122 Å². The summed E-state index contributed by atoms with van der Waals surface area (Å²) in [6.45, 7) is 4.11. The van der Waals surface area contributed by atoms with Gasteiger partial charge in [-0.05, 0) is 60.0 Å². The highest BCUT2D eigenvalue weighted by atomic mass is 14.8. The maximum atomic E-state index is 3.44. The van der Waals surface area contributed by atoms with Crippen LogP contribution in [0.2, 0.25) is 0 Å². The Morgan fingerprint density at radius 1 is 0.950 bits per heavy atom. The monoisotopic (exact) mass is 265 g/mol. The van der Waals surface area contributed by atoms with Crippen molar-refractivity contribution in [2.24, 2.45) is 0 Å². The lowest BCUT2D eigenvalue weighted by molar-refractivity contribution is 0.686. The molecule has 0 saturated carbocycles. The van der Waals surface area contributed by atoms with Crippen LogP contribution in [0, 0.1) is 0 Å². The van der Waals surface area contributed by atoms with Gasteiger partial charge in [0.05, 0.1) is 0 Å². The molecule has 0 saturated heterocycles. The van der Waals surface area contributed by atoms with Crippen molar-refractivity contribution in [2.45, 2.75) is 39.2 Å². The molecule has 1 aliphatic carbocycles. The molecule has 1 nitrogen and oxygen atoms in total. The van der Waals surface area contributed by atoms with E-state index < -0.39 is 0 Å². The van der Waals surface area contributed by atoms with E-state index in [1.807, 2.05) is 0 Å². The maximum Gasteiger partial charge on any atom is 0.0211 e. The fourth-order valence-corrected chi connectivity index (χ4v) is 3.12. The summed E-state index contributed by atoms with van der Waals surface area (Å²) in [6, 6.07) is 15.8. The second-order valence-electron chi connectivity index (χ2n) is 5.63. The van der Waals surface area contributed by atoms with Gasteiger partial charge in [-0.3, -0.25) is 0 Å². The lowest BCUT2D eigenvalue weighted by Gasteiger charge is -2.18. The molecule has 1 aliphatic rings. The molecule has 0 atom stereocenters. The summed E-state index contributed by atoms with van der Waals surface area (Å²) in [7, 11) is 0. The Kier molecular flexibility index (Phi) is 4.17. The standard InChI is InChI=1S/C19H23N/c1-2-20-14-18-9-5-6-10-19(18)17-12-11-15-7-3-4-8-16(15)13-17/h5-6,9-13,20H,2-4,7-8,14H2,1H3. The molecule has 0 aromatic heterocycles. The Hall–Kier alpha value is -1.60. The molecular weight excluding hydrogens is 242 g/mol. The highest BCUT2D eigenvalue weighted by Crippen LogP contribution is 2.29. The molecule has 0 aliphatic heterocycles. The fraction of sp³-hybridized carbons (Fsp3) is 0.368. The third-order valence-electron chi connectivity index (χ3n) is 4.24. The highest BCUT2D eigenvalue weighted by molar-refractivity contribution is 5.68. The Balaban J connectivity index is 1.96. The van der Waals surface area contributed by atoms with E-state index in [1.54, 1.807) is 11.1 Å². The first-order valence-electron chi connectivity index (χ1n) is 7.79. The molecule has 3 rings (SSSR count). The van der Waals surface area contributed by atoms with Crippen molar-refractivity contribution in [1.82, 2.24) is 5.32 Å². The Morgan fingerprint density at radius 2 is 1.75 bits per heavy atom. The summed E-state index contributed by atoms with van der Waals surface area (Å²) < 4.78 is 0. The van der Waals surface area contributed by atoms with Crippen molar-refractivity contribution < 1.29 is 0 Å². The second kappa shape index (κ2) is 6.23. The van der Waals surface area contributed by atoms with E-state index in [0.29, 0.717) is 0 Å². The molecule has 0 unspecified atom stereocenters. The van der Waals surface area contributed by atoms with Crippen LogP contribution < -0.4 is 5.32 Å². The van der Waals surface area contributed by atoms with E-state index in [0.717, 1.165) is 13.1 Å². The number of aryl methyl sites for hydroxylation is 2. The first kappa shape index (κ1) is 13.4. The average Bonchev–Trinajstić information content (AvgIpc) is 2.53. The molecule has 0 bridgehead atoms. The minimum Gasteiger partial charge on any atom is -0.313 e. The lowest BCUT2D eigenvalue weighted by Crippen LogP contribution is -2.12. The van der Waals surface area contributed by atoms with E-state index in [1.165, 1.54) is 42.4 Å². The SMILES string of the molecule is CCNCc1ccccc1-c1ccc2c(c1)CCCC2. The van der Waals surface area contributed by atoms with Crippen LogP contribution in [0.15, 0.2) is 42.5 Å². The summed E-state index contributed by atoms with van der Waals surface area (Å²) in [5.41, 5.74) is 7.27. The molecule has 2 aromatic rings. The number of hydrogen-bond donors (Lipinski definition) is 1. The molecular formula is C19H23N. The van der Waals surface area contributed by atoms with Gasteiger partial charge in [-0.1, -0.05) is 49.4 Å². The normalized spacial score (nSPS) is 14.1. The van der Waals surface area contributed by atoms with Crippen molar-refractivity contribution in [2.75, 3.05) is 6.54 Å². The lowest BCUT2D eigenvalue weighted by atomic mass is 9.88. The highest BCUT2D eigenvalue weighted by Gasteiger charge is 2.11. The topological polar surface area (TPSA) is 12.0 Å². The summed E-state index contributed by atoms with van der Waals surface area (Å²) in [5.74, 6) is 0. The van der Waals surface area contributed by atoms with E-state index in [4.69, 9.17) is 0 Å². The molecule has 1 N–H and O–H groups in total. The molecule has 2 aromatic carbocycles. The third-order valence-corrected chi connectivity index (χ3v) is 4.24. The fourth-order valence-electron chi connectivity index (χ4n) is 3.12. The van der Waals surface area contributed by atoms with Crippen molar-refractivity contribution in [3.63, 3.8) is 0 Å². The van der Waals surface area contributed by atoms with Crippen molar-refractivity contribution in [3.05, 3.63) is 59.2 Å². The minimum atomic E-state index is 0.948. The molecule has 0 spiro atoms. The number of fused-ring (bicyclic) bond motifs is 1. The molecule has 0 fully saturated rings. The summed E-state index contributed by atoms with van der Waals surface area (Å²) >= 11 is 0. The van der Waals surface area contributed by atoms with Gasteiger partial charge < -0.3 is 5.32 Å². The van der Waals surface area contributed by atoms with Crippen LogP contribution in [0.25, 0.3) is 11.1 Å². The van der Waals surface area contributed by atoms with Gasteiger partial charge >= 0.3 is 0 Å². The largest absolute Gasteiger partial charge is 0.313 e. The van der Waals surface area contributed by atoms with Gasteiger partial charge in [0.2, 0.25) is 0 Å². The van der Waals surface area contributed by atoms with Crippen LogP contribution in [0.1, 0.15) is 36.5 Å². The number of nitrogens with one attached hydrogen (secondary N) is 1. The quantitative estimate of drug-likeness (QED) is 0.867. The van der Waals surface area contributed by atoms with Gasteiger partial charge in [0.1, 0.15) is 0 Å². The molecule has 104 valence electrons. The van der Waals surface area contributed by atoms with Gasteiger partial charge in [0.25, 0.3) is 0 Å². The number of rotatable bonds is 4. The Morgan fingerprint density at radius 3 is 2.60 bits per heavy atom. The van der Waals surface area contributed by atoms with Crippen LogP contribution in [0.4, 0.5) is 0 Å². The van der Waals surface area contributed by atoms with Crippen molar-refractivity contribution in [1.29, 1.82) is 0 Å². The van der Waals surface area contributed by atoms with Crippen LogP contribution >= 0.6 is 0 Å². The van der Waals surface area contributed by atoms with Crippen LogP contribution in [-0.2, 0) is 19.4 Å². The van der Waals surface area contributed by atoms with Crippen LogP contribution in [0.5, 0.6) is 0 Å². The molecule has 0 radical (unpaired) electrons. The minimum absolute atomic E-state index is 0.948. The predicted molar refractivity (Wildman–Crippen MR) is 85.9 cm³/mol. The molecule has 0 heterocycles. The molecule has 1 heteroatoms. The van der Waals surface area contributed by atoms with Gasteiger partial charge in [0.15, 0.2) is 0 Å². The summed E-state index contributed by atoms with van der Waals surface area (Å²) in [6.07, 6.45) is 5.20. The zero-order chi connectivity index (χ0) is 13.8.